The molecule has 1 fully saturated rings. The monoisotopic (exact) mass is 283 g/mol. The highest BCUT2D eigenvalue weighted by Gasteiger charge is 2.34. The van der Waals surface area contributed by atoms with Crippen LogP contribution >= 0.6 is 15.9 Å². The molecule has 2 N–H and O–H groups in total. The Balaban J connectivity index is 2.26. The first-order chi connectivity index (χ1) is 7.63. The molecule has 2 amide bonds. The van der Waals surface area contributed by atoms with Crippen LogP contribution in [0.3, 0.4) is 0 Å². The minimum absolute atomic E-state index is 0.00792. The Kier molecular flexibility index (Phi) is 3.16. The Morgan fingerprint density at radius 2 is 2.31 bits per heavy atom. The van der Waals surface area contributed by atoms with Gasteiger partial charge >= 0.3 is 6.03 Å². The van der Waals surface area contributed by atoms with Crippen molar-refractivity contribution in [1.82, 2.24) is 4.90 Å². The van der Waals surface area contributed by atoms with E-state index in [1.54, 1.807) is 16.8 Å². The Morgan fingerprint density at radius 1 is 1.56 bits per heavy atom. The Bertz CT molecular complexity index is 410. The van der Waals surface area contributed by atoms with Gasteiger partial charge in [-0.25, -0.2) is 4.79 Å². The molecule has 0 saturated carbocycles. The van der Waals surface area contributed by atoms with Gasteiger partial charge < -0.3 is 10.6 Å². The zero-order chi connectivity index (χ0) is 11.7. The lowest BCUT2D eigenvalue weighted by Crippen LogP contribution is -2.35. The minimum atomic E-state index is 0.00792. The standard InChI is InChI=1S/C11H14BrN3O/c1-14-10(6-13)7-15(11(14)16)9-4-2-3-8(12)5-9/h2-5,10H,6-7,13H2,1H3. The third-order valence-electron chi connectivity index (χ3n) is 2.87. The molecule has 4 nitrogen and oxygen atoms in total. The van der Waals surface area contributed by atoms with Crippen LogP contribution < -0.4 is 10.6 Å². The summed E-state index contributed by atoms with van der Waals surface area (Å²) in [6, 6.07) is 7.83. The number of rotatable bonds is 2. The normalized spacial score (nSPS) is 20.7. The number of nitrogens with zero attached hydrogens (tertiary/aromatic N) is 2. The van der Waals surface area contributed by atoms with Gasteiger partial charge in [0.15, 0.2) is 0 Å². The fourth-order valence-corrected chi connectivity index (χ4v) is 2.24. The third kappa shape index (κ3) is 1.92. The van der Waals surface area contributed by atoms with Crippen LogP contribution in [0.4, 0.5) is 10.5 Å². The number of benzene rings is 1. The summed E-state index contributed by atoms with van der Waals surface area (Å²) in [7, 11) is 1.79. The van der Waals surface area contributed by atoms with Gasteiger partial charge in [-0.3, -0.25) is 4.90 Å². The van der Waals surface area contributed by atoms with Crippen molar-refractivity contribution in [3.8, 4) is 0 Å². The van der Waals surface area contributed by atoms with Crippen LogP contribution in [0.1, 0.15) is 0 Å². The van der Waals surface area contributed by atoms with E-state index in [2.05, 4.69) is 15.9 Å². The van der Waals surface area contributed by atoms with Crippen LogP contribution in [0.25, 0.3) is 0 Å². The average molecular weight is 284 g/mol. The summed E-state index contributed by atoms with van der Waals surface area (Å²) >= 11 is 3.40. The molecule has 0 aromatic heterocycles. The highest BCUT2D eigenvalue weighted by molar-refractivity contribution is 9.10. The number of amides is 2. The van der Waals surface area contributed by atoms with E-state index >= 15 is 0 Å². The molecule has 0 spiro atoms. The van der Waals surface area contributed by atoms with E-state index in [1.165, 1.54) is 0 Å². The molecule has 16 heavy (non-hydrogen) atoms. The molecule has 1 aliphatic rings. The molecule has 1 unspecified atom stereocenters. The lowest BCUT2D eigenvalue weighted by molar-refractivity contribution is 0.219. The molecule has 1 atom stereocenters. The zero-order valence-electron chi connectivity index (χ0n) is 9.06. The molecule has 1 saturated heterocycles. The summed E-state index contributed by atoms with van der Waals surface area (Å²) < 4.78 is 0.969. The van der Waals surface area contributed by atoms with Gasteiger partial charge in [0.1, 0.15) is 0 Å². The van der Waals surface area contributed by atoms with E-state index in [0.717, 1.165) is 10.2 Å². The molecule has 1 aliphatic heterocycles. The molecule has 2 rings (SSSR count). The maximum atomic E-state index is 12.0. The molecule has 0 bridgehead atoms. The summed E-state index contributed by atoms with van der Waals surface area (Å²) in [5.41, 5.74) is 6.53. The number of halogens is 1. The minimum Gasteiger partial charge on any atom is -0.328 e. The first-order valence-electron chi connectivity index (χ1n) is 5.13. The Hall–Kier alpha value is -1.07. The number of carbonyl (C=O) groups excluding carboxylic acids is 1. The van der Waals surface area contributed by atoms with Crippen molar-refractivity contribution in [3.05, 3.63) is 28.7 Å². The molecule has 86 valence electrons. The first-order valence-corrected chi connectivity index (χ1v) is 5.92. The molecule has 0 radical (unpaired) electrons. The fraction of sp³-hybridized carbons (Fsp3) is 0.364. The highest BCUT2D eigenvalue weighted by atomic mass is 79.9. The second-order valence-corrected chi connectivity index (χ2v) is 4.79. The third-order valence-corrected chi connectivity index (χ3v) is 3.36. The average Bonchev–Trinajstić information content (AvgIpc) is 2.56. The highest BCUT2D eigenvalue weighted by Crippen LogP contribution is 2.25. The van der Waals surface area contributed by atoms with Crippen LogP contribution in [0.2, 0.25) is 0 Å². The van der Waals surface area contributed by atoms with Gasteiger partial charge in [-0.15, -0.1) is 0 Å². The van der Waals surface area contributed by atoms with Crippen LogP contribution in [-0.4, -0.2) is 37.1 Å². The largest absolute Gasteiger partial charge is 0.328 e. The molecular formula is C11H14BrN3O. The number of carbonyl (C=O) groups is 1. The van der Waals surface area contributed by atoms with Crippen molar-refractivity contribution in [2.75, 3.05) is 25.0 Å². The zero-order valence-corrected chi connectivity index (χ0v) is 10.6. The maximum Gasteiger partial charge on any atom is 0.324 e. The van der Waals surface area contributed by atoms with Crippen molar-refractivity contribution in [2.45, 2.75) is 6.04 Å². The number of nitrogens with two attached hydrogens (primary N) is 1. The molecular weight excluding hydrogens is 270 g/mol. The Labute approximate surface area is 103 Å². The van der Waals surface area contributed by atoms with Crippen LogP contribution in [-0.2, 0) is 0 Å². The topological polar surface area (TPSA) is 49.6 Å². The van der Waals surface area contributed by atoms with Crippen molar-refractivity contribution < 1.29 is 4.79 Å². The molecule has 0 aliphatic carbocycles. The van der Waals surface area contributed by atoms with E-state index in [0.29, 0.717) is 13.1 Å². The molecule has 1 aromatic rings. The lowest BCUT2D eigenvalue weighted by atomic mass is 10.2. The predicted octanol–water partition coefficient (Wildman–Crippen LogP) is 1.65. The molecule has 1 aromatic carbocycles. The van der Waals surface area contributed by atoms with Crippen molar-refractivity contribution in [1.29, 1.82) is 0 Å². The van der Waals surface area contributed by atoms with Crippen LogP contribution in [0.15, 0.2) is 28.7 Å². The second-order valence-electron chi connectivity index (χ2n) is 3.87. The fourth-order valence-electron chi connectivity index (χ4n) is 1.85. The summed E-state index contributed by atoms with van der Waals surface area (Å²) in [5, 5.41) is 0. The van der Waals surface area contributed by atoms with Crippen LogP contribution in [0.5, 0.6) is 0 Å². The summed E-state index contributed by atoms with van der Waals surface area (Å²) in [4.78, 5) is 15.4. The van der Waals surface area contributed by atoms with Gasteiger partial charge in [0.2, 0.25) is 0 Å². The summed E-state index contributed by atoms with van der Waals surface area (Å²) in [6.45, 7) is 1.15. The number of hydrogen-bond donors (Lipinski definition) is 1. The molecule has 1 heterocycles. The number of anilines is 1. The van der Waals surface area contributed by atoms with Gasteiger partial charge in [0.25, 0.3) is 0 Å². The summed E-state index contributed by atoms with van der Waals surface area (Å²) in [6.07, 6.45) is 0. The second kappa shape index (κ2) is 4.43. The number of likely N-dealkylation sites (N-methyl/N-ethyl adjacent to an activating group) is 1. The van der Waals surface area contributed by atoms with Gasteiger partial charge in [0, 0.05) is 30.3 Å². The molecule has 5 heteroatoms. The number of urea groups is 1. The smallest absolute Gasteiger partial charge is 0.324 e. The van der Waals surface area contributed by atoms with Gasteiger partial charge in [0.05, 0.1) is 6.04 Å². The van der Waals surface area contributed by atoms with E-state index < -0.39 is 0 Å². The van der Waals surface area contributed by atoms with Gasteiger partial charge in [-0.05, 0) is 18.2 Å². The van der Waals surface area contributed by atoms with E-state index in [4.69, 9.17) is 5.73 Å². The van der Waals surface area contributed by atoms with E-state index in [9.17, 15) is 4.79 Å². The van der Waals surface area contributed by atoms with Crippen molar-refractivity contribution in [3.63, 3.8) is 0 Å². The van der Waals surface area contributed by atoms with Gasteiger partial charge in [-0.1, -0.05) is 22.0 Å². The quantitative estimate of drug-likeness (QED) is 0.897. The maximum absolute atomic E-state index is 12.0. The first kappa shape index (κ1) is 11.4. The lowest BCUT2D eigenvalue weighted by Gasteiger charge is -2.16. The SMILES string of the molecule is CN1C(=O)N(c2cccc(Br)c2)CC1CN. The van der Waals surface area contributed by atoms with Crippen molar-refractivity contribution in [2.24, 2.45) is 5.73 Å². The van der Waals surface area contributed by atoms with E-state index in [-0.39, 0.29) is 12.1 Å². The predicted molar refractivity (Wildman–Crippen MR) is 67.5 cm³/mol. The Morgan fingerprint density at radius 3 is 2.88 bits per heavy atom. The van der Waals surface area contributed by atoms with Crippen LogP contribution in [0, 0.1) is 0 Å². The summed E-state index contributed by atoms with van der Waals surface area (Å²) in [5.74, 6) is 0. The van der Waals surface area contributed by atoms with Gasteiger partial charge in [-0.2, -0.15) is 0 Å². The number of hydrogen-bond acceptors (Lipinski definition) is 2. The van der Waals surface area contributed by atoms with E-state index in [1.807, 2.05) is 24.3 Å². The van der Waals surface area contributed by atoms with Crippen molar-refractivity contribution >= 4 is 27.6 Å².